The van der Waals surface area contributed by atoms with Gasteiger partial charge in [-0.15, -0.1) is 0 Å². The van der Waals surface area contributed by atoms with Crippen LogP contribution in [0.2, 0.25) is 0 Å². The molecule has 5 rings (SSSR count). The van der Waals surface area contributed by atoms with Crippen molar-refractivity contribution in [3.63, 3.8) is 0 Å². The van der Waals surface area contributed by atoms with E-state index < -0.39 is 0 Å². The zero-order valence-electron chi connectivity index (χ0n) is 19.8. The van der Waals surface area contributed by atoms with Crippen molar-refractivity contribution in [2.45, 2.75) is 0 Å². The van der Waals surface area contributed by atoms with E-state index in [-0.39, 0.29) is 22.5 Å². The highest BCUT2D eigenvalue weighted by molar-refractivity contribution is 5.70. The van der Waals surface area contributed by atoms with Gasteiger partial charge in [0.1, 0.15) is 0 Å². The highest BCUT2D eigenvalue weighted by Crippen LogP contribution is 2.02. The van der Waals surface area contributed by atoms with Crippen LogP contribution >= 0.6 is 0 Å². The molecule has 0 saturated heterocycles. The Balaban J connectivity index is 0.000000154. The summed E-state index contributed by atoms with van der Waals surface area (Å²) in [6.07, 6.45) is 3.04. The maximum Gasteiger partial charge on any atom is 0.332 e. The third kappa shape index (κ3) is 4.25. The van der Waals surface area contributed by atoms with Crippen molar-refractivity contribution in [1.29, 1.82) is 0 Å². The van der Waals surface area contributed by atoms with Crippen LogP contribution in [0, 0.1) is 0 Å². The van der Waals surface area contributed by atoms with Crippen molar-refractivity contribution in [1.82, 2.24) is 37.4 Å². The van der Waals surface area contributed by atoms with Gasteiger partial charge in [0.15, 0.2) is 22.3 Å². The molecule has 4 heterocycles. The molecule has 1 aromatic carbocycles. The predicted octanol–water partition coefficient (Wildman–Crippen LogP) is -0.372. The third-order valence-corrected chi connectivity index (χ3v) is 5.30. The molecule has 0 spiro atoms. The fraction of sp³-hybridized carbons (Fsp3) is 0.273. The Labute approximate surface area is 193 Å². The van der Waals surface area contributed by atoms with Crippen molar-refractivity contribution in [3.8, 4) is 0 Å². The topological polar surface area (TPSA) is 124 Å². The van der Waals surface area contributed by atoms with Gasteiger partial charge in [-0.1, -0.05) is 36.4 Å². The van der Waals surface area contributed by atoms with Crippen LogP contribution < -0.4 is 22.5 Å². The lowest BCUT2D eigenvalue weighted by Crippen LogP contribution is -2.37. The van der Waals surface area contributed by atoms with E-state index in [1.54, 1.807) is 37.3 Å². The standard InChI is InChI=1S/2C8H10N4O2.C6H6/c2*1-10-4-9-6-5(10)7(13)12(3)8(14)11(6)2;1-2-4-6-5-3-1/h2*4H,1-3H3;1-6H. The maximum absolute atomic E-state index is 11.7. The highest BCUT2D eigenvalue weighted by atomic mass is 16.2. The van der Waals surface area contributed by atoms with Crippen LogP contribution in [0.15, 0.2) is 68.2 Å². The summed E-state index contributed by atoms with van der Waals surface area (Å²) < 4.78 is 8.08. The van der Waals surface area contributed by atoms with Gasteiger partial charge < -0.3 is 9.13 Å². The number of aryl methyl sites for hydroxylation is 4. The summed E-state index contributed by atoms with van der Waals surface area (Å²) in [7, 11) is 9.55. The molecule has 0 aliphatic rings. The van der Waals surface area contributed by atoms with Gasteiger partial charge >= 0.3 is 11.4 Å². The Hall–Kier alpha value is -4.48. The van der Waals surface area contributed by atoms with Gasteiger partial charge in [-0.3, -0.25) is 27.9 Å². The summed E-state index contributed by atoms with van der Waals surface area (Å²) in [5.74, 6) is 0. The molecule has 0 unspecified atom stereocenters. The number of aromatic nitrogens is 8. The van der Waals surface area contributed by atoms with Crippen molar-refractivity contribution < 1.29 is 0 Å². The van der Waals surface area contributed by atoms with Crippen LogP contribution in [-0.4, -0.2) is 37.4 Å². The van der Waals surface area contributed by atoms with E-state index in [0.29, 0.717) is 22.3 Å². The SMILES string of the molecule is Cn1c(=O)c2c(ncn2C)n(C)c1=O.Cn1c(=O)c2c(ncn2C)n(C)c1=O.c1ccccc1. The Bertz CT molecular complexity index is 1560. The summed E-state index contributed by atoms with van der Waals surface area (Å²) in [5.41, 5.74) is 0.360. The molecule has 12 nitrogen and oxygen atoms in total. The molecule has 0 atom stereocenters. The molecule has 4 aromatic heterocycles. The molecule has 5 aromatic rings. The van der Waals surface area contributed by atoms with E-state index in [1.807, 2.05) is 36.4 Å². The van der Waals surface area contributed by atoms with Gasteiger partial charge in [-0.25, -0.2) is 19.6 Å². The second-order valence-corrected chi connectivity index (χ2v) is 7.62. The molecule has 0 aliphatic carbocycles. The molecule has 0 aliphatic heterocycles. The molecule has 0 N–H and O–H groups in total. The third-order valence-electron chi connectivity index (χ3n) is 5.30. The van der Waals surface area contributed by atoms with Crippen molar-refractivity contribution in [3.05, 3.63) is 90.7 Å². The van der Waals surface area contributed by atoms with E-state index in [0.717, 1.165) is 9.13 Å². The van der Waals surface area contributed by atoms with E-state index in [1.165, 1.54) is 35.9 Å². The first kappa shape index (κ1) is 24.2. The number of imidazole rings is 2. The zero-order chi connectivity index (χ0) is 25.2. The number of nitrogens with zero attached hydrogens (tertiary/aromatic N) is 8. The van der Waals surface area contributed by atoms with Crippen LogP contribution in [0.3, 0.4) is 0 Å². The lowest BCUT2D eigenvalue weighted by molar-refractivity contribution is 0.705. The van der Waals surface area contributed by atoms with E-state index in [4.69, 9.17) is 0 Å². The second kappa shape index (κ2) is 9.57. The zero-order valence-corrected chi connectivity index (χ0v) is 19.8. The second-order valence-electron chi connectivity index (χ2n) is 7.62. The number of rotatable bonds is 0. The van der Waals surface area contributed by atoms with Crippen molar-refractivity contribution in [2.75, 3.05) is 0 Å². The van der Waals surface area contributed by atoms with Crippen molar-refractivity contribution in [2.24, 2.45) is 42.3 Å². The van der Waals surface area contributed by atoms with E-state index >= 15 is 0 Å². The summed E-state index contributed by atoms with van der Waals surface area (Å²) >= 11 is 0. The number of hydrogen-bond donors (Lipinski definition) is 0. The van der Waals surface area contributed by atoms with Crippen LogP contribution in [0.4, 0.5) is 0 Å². The highest BCUT2D eigenvalue weighted by Gasteiger charge is 2.12. The summed E-state index contributed by atoms with van der Waals surface area (Å²) in [5, 5.41) is 0. The van der Waals surface area contributed by atoms with Crippen LogP contribution in [0.5, 0.6) is 0 Å². The van der Waals surface area contributed by atoms with Crippen LogP contribution in [0.1, 0.15) is 0 Å². The summed E-state index contributed by atoms with van der Waals surface area (Å²) in [4.78, 5) is 54.3. The first-order valence-corrected chi connectivity index (χ1v) is 10.2. The largest absolute Gasteiger partial charge is 0.332 e. The molecule has 0 radical (unpaired) electrons. The minimum Gasteiger partial charge on any atom is -0.328 e. The van der Waals surface area contributed by atoms with Crippen molar-refractivity contribution >= 4 is 22.3 Å². The lowest BCUT2D eigenvalue weighted by Gasteiger charge is -2.02. The molecule has 0 amide bonds. The Morgan fingerprint density at radius 2 is 0.794 bits per heavy atom. The Kier molecular flexibility index (Phi) is 6.80. The molecule has 34 heavy (non-hydrogen) atoms. The molecule has 0 bridgehead atoms. The molecule has 178 valence electrons. The van der Waals surface area contributed by atoms with Crippen LogP contribution in [0.25, 0.3) is 22.3 Å². The van der Waals surface area contributed by atoms with E-state index in [9.17, 15) is 19.2 Å². The fourth-order valence-electron chi connectivity index (χ4n) is 3.33. The molecular weight excluding hydrogens is 440 g/mol. The van der Waals surface area contributed by atoms with Gasteiger partial charge in [0.2, 0.25) is 0 Å². The first-order valence-electron chi connectivity index (χ1n) is 10.2. The number of hydrogen-bond acceptors (Lipinski definition) is 6. The minimum atomic E-state index is -0.360. The predicted molar refractivity (Wildman–Crippen MR) is 129 cm³/mol. The Morgan fingerprint density at radius 3 is 1.09 bits per heavy atom. The molecule has 0 fully saturated rings. The Morgan fingerprint density at radius 1 is 0.500 bits per heavy atom. The molecule has 0 saturated carbocycles. The monoisotopic (exact) mass is 466 g/mol. The fourth-order valence-corrected chi connectivity index (χ4v) is 3.33. The molecule has 12 heteroatoms. The smallest absolute Gasteiger partial charge is 0.328 e. The van der Waals surface area contributed by atoms with Gasteiger partial charge in [-0.2, -0.15) is 0 Å². The number of fused-ring (bicyclic) bond motifs is 2. The van der Waals surface area contributed by atoms with Gasteiger partial charge in [0, 0.05) is 42.3 Å². The average Bonchev–Trinajstić information content (AvgIpc) is 3.43. The minimum absolute atomic E-state index is 0.317. The summed E-state index contributed by atoms with van der Waals surface area (Å²) in [6.45, 7) is 0. The first-order chi connectivity index (χ1) is 16.1. The maximum atomic E-state index is 11.7. The average molecular weight is 467 g/mol. The van der Waals surface area contributed by atoms with E-state index in [2.05, 4.69) is 9.97 Å². The lowest BCUT2D eigenvalue weighted by atomic mass is 10.4. The quantitative estimate of drug-likeness (QED) is 0.307. The normalized spacial score (nSPS) is 10.5. The van der Waals surface area contributed by atoms with Gasteiger partial charge in [-0.05, 0) is 0 Å². The van der Waals surface area contributed by atoms with Crippen LogP contribution in [-0.2, 0) is 42.3 Å². The van der Waals surface area contributed by atoms with Gasteiger partial charge in [0.05, 0.1) is 12.7 Å². The summed E-state index contributed by atoms with van der Waals surface area (Å²) in [6, 6.07) is 12.0. The van der Waals surface area contributed by atoms with Gasteiger partial charge in [0.25, 0.3) is 11.1 Å². The molecular formula is C22H26N8O4. The number of benzene rings is 1.